The quantitative estimate of drug-likeness (QED) is 0.580. The highest BCUT2D eigenvalue weighted by Gasteiger charge is 2.38. The zero-order chi connectivity index (χ0) is 20.7. The molecule has 2 aromatic rings. The third-order valence-electron chi connectivity index (χ3n) is 4.61. The van der Waals surface area contributed by atoms with E-state index in [1.807, 2.05) is 19.9 Å². The predicted octanol–water partition coefficient (Wildman–Crippen LogP) is 4.66. The lowest BCUT2D eigenvalue weighted by atomic mass is 10.1. The van der Waals surface area contributed by atoms with E-state index < -0.39 is 17.8 Å². The van der Waals surface area contributed by atoms with Crippen LogP contribution >= 0.6 is 23.2 Å². The van der Waals surface area contributed by atoms with Gasteiger partial charge in [-0.3, -0.25) is 14.9 Å². The molecule has 6 nitrogen and oxygen atoms in total. The summed E-state index contributed by atoms with van der Waals surface area (Å²) in [4.78, 5) is 38.5. The van der Waals surface area contributed by atoms with Gasteiger partial charge in [-0.2, -0.15) is 0 Å². The Kier molecular flexibility index (Phi) is 5.37. The number of rotatable bonds is 3. The Labute approximate surface area is 172 Å². The standard InChI is InChI=1S/C20H19Cl2N3O3/c1-10(2)24-11(3)8-13(12(24)4)9-14-18(26)23-20(28)25(19(14)27)16-7-5-6-15(21)17(16)22/h5-10H,1-4H3,(H,23,26,28). The highest BCUT2D eigenvalue weighted by Crippen LogP contribution is 2.34. The van der Waals surface area contributed by atoms with Crippen LogP contribution in [0, 0.1) is 13.8 Å². The Morgan fingerprint density at radius 1 is 1.11 bits per heavy atom. The van der Waals surface area contributed by atoms with Gasteiger partial charge in [-0.05, 0) is 57.5 Å². The number of hydrogen-bond acceptors (Lipinski definition) is 3. The number of carbonyl (C=O) groups is 3. The van der Waals surface area contributed by atoms with Crippen molar-refractivity contribution in [2.24, 2.45) is 0 Å². The fraction of sp³-hybridized carbons (Fsp3) is 0.250. The van der Waals surface area contributed by atoms with Gasteiger partial charge in [0.15, 0.2) is 0 Å². The van der Waals surface area contributed by atoms with Gasteiger partial charge in [0.2, 0.25) is 0 Å². The minimum atomic E-state index is -0.871. The van der Waals surface area contributed by atoms with Crippen molar-refractivity contribution in [3.8, 4) is 0 Å². The van der Waals surface area contributed by atoms with Crippen LogP contribution in [0.25, 0.3) is 6.08 Å². The summed E-state index contributed by atoms with van der Waals surface area (Å²) < 4.78 is 2.11. The van der Waals surface area contributed by atoms with E-state index >= 15 is 0 Å². The molecule has 3 rings (SSSR count). The van der Waals surface area contributed by atoms with E-state index in [4.69, 9.17) is 23.2 Å². The minimum Gasteiger partial charge on any atom is -0.346 e. The monoisotopic (exact) mass is 419 g/mol. The molecule has 1 N–H and O–H groups in total. The highest BCUT2D eigenvalue weighted by atomic mass is 35.5. The van der Waals surface area contributed by atoms with Crippen molar-refractivity contribution in [2.75, 3.05) is 4.90 Å². The first-order chi connectivity index (χ1) is 13.1. The van der Waals surface area contributed by atoms with Crippen LogP contribution in [-0.4, -0.2) is 22.4 Å². The van der Waals surface area contributed by atoms with Crippen LogP contribution in [0.3, 0.4) is 0 Å². The van der Waals surface area contributed by atoms with Gasteiger partial charge in [0.1, 0.15) is 5.57 Å². The van der Waals surface area contributed by atoms with E-state index in [0.29, 0.717) is 0 Å². The van der Waals surface area contributed by atoms with E-state index in [9.17, 15) is 14.4 Å². The Morgan fingerprint density at radius 2 is 1.79 bits per heavy atom. The Hall–Kier alpha value is -2.57. The number of carbonyl (C=O) groups excluding carboxylic acids is 3. The molecule has 1 aliphatic rings. The Bertz CT molecular complexity index is 1040. The van der Waals surface area contributed by atoms with Gasteiger partial charge in [-0.25, -0.2) is 9.69 Å². The van der Waals surface area contributed by atoms with Crippen molar-refractivity contribution in [2.45, 2.75) is 33.7 Å². The van der Waals surface area contributed by atoms with Gasteiger partial charge in [0, 0.05) is 17.4 Å². The lowest BCUT2D eigenvalue weighted by Crippen LogP contribution is -2.54. The smallest absolute Gasteiger partial charge is 0.336 e. The van der Waals surface area contributed by atoms with Crippen molar-refractivity contribution in [1.82, 2.24) is 9.88 Å². The molecule has 8 heteroatoms. The number of urea groups is 1. The number of barbiturate groups is 1. The lowest BCUT2D eigenvalue weighted by molar-refractivity contribution is -0.122. The van der Waals surface area contributed by atoms with E-state index in [1.54, 1.807) is 12.1 Å². The molecule has 0 aliphatic carbocycles. The minimum absolute atomic E-state index is 0.0550. The van der Waals surface area contributed by atoms with Crippen LogP contribution in [0.5, 0.6) is 0 Å². The number of anilines is 1. The maximum Gasteiger partial charge on any atom is 0.336 e. The van der Waals surface area contributed by atoms with Crippen molar-refractivity contribution in [3.63, 3.8) is 0 Å². The molecule has 0 bridgehead atoms. The predicted molar refractivity (Wildman–Crippen MR) is 110 cm³/mol. The maximum atomic E-state index is 13.0. The Balaban J connectivity index is 2.10. The summed E-state index contributed by atoms with van der Waals surface area (Å²) in [6, 6.07) is 5.86. The molecule has 0 unspecified atom stereocenters. The lowest BCUT2D eigenvalue weighted by Gasteiger charge is -2.27. The van der Waals surface area contributed by atoms with Crippen LogP contribution in [-0.2, 0) is 9.59 Å². The summed E-state index contributed by atoms with van der Waals surface area (Å²) in [6.45, 7) is 7.98. The number of aromatic nitrogens is 1. The molecule has 146 valence electrons. The van der Waals surface area contributed by atoms with Gasteiger partial charge in [0.05, 0.1) is 15.7 Å². The molecule has 2 heterocycles. The summed E-state index contributed by atoms with van der Waals surface area (Å²) in [6.07, 6.45) is 1.50. The number of imide groups is 2. The second kappa shape index (κ2) is 7.45. The number of hydrogen-bond donors (Lipinski definition) is 1. The molecule has 4 amide bonds. The van der Waals surface area contributed by atoms with Crippen molar-refractivity contribution < 1.29 is 14.4 Å². The van der Waals surface area contributed by atoms with Crippen LogP contribution in [0.15, 0.2) is 29.8 Å². The second-order valence-corrected chi connectivity index (χ2v) is 7.61. The van der Waals surface area contributed by atoms with Crippen molar-refractivity contribution in [1.29, 1.82) is 0 Å². The normalized spacial score (nSPS) is 16.3. The van der Waals surface area contributed by atoms with Crippen molar-refractivity contribution in [3.05, 3.63) is 56.8 Å². The van der Waals surface area contributed by atoms with Gasteiger partial charge >= 0.3 is 6.03 Å². The molecule has 1 fully saturated rings. The molecule has 0 spiro atoms. The van der Waals surface area contributed by atoms with Crippen LogP contribution in [0.4, 0.5) is 10.5 Å². The molecule has 0 radical (unpaired) electrons. The summed E-state index contributed by atoms with van der Waals surface area (Å²) >= 11 is 12.2. The second-order valence-electron chi connectivity index (χ2n) is 6.82. The topological polar surface area (TPSA) is 71.4 Å². The molecule has 1 saturated heterocycles. The highest BCUT2D eigenvalue weighted by molar-refractivity contribution is 6.46. The summed E-state index contributed by atoms with van der Waals surface area (Å²) in [5, 5.41) is 2.44. The largest absolute Gasteiger partial charge is 0.346 e. The van der Waals surface area contributed by atoms with Crippen molar-refractivity contribution >= 4 is 52.8 Å². The van der Waals surface area contributed by atoms with Gasteiger partial charge in [0.25, 0.3) is 11.8 Å². The number of nitrogens with one attached hydrogen (secondary N) is 1. The first-order valence-corrected chi connectivity index (χ1v) is 9.43. The average Bonchev–Trinajstić information content (AvgIpc) is 2.88. The van der Waals surface area contributed by atoms with E-state index in [2.05, 4.69) is 23.7 Å². The molecule has 1 aromatic heterocycles. The number of aryl methyl sites for hydroxylation is 1. The number of benzene rings is 1. The summed E-state index contributed by atoms with van der Waals surface area (Å²) in [5.74, 6) is -1.51. The number of amides is 4. The molecular weight excluding hydrogens is 401 g/mol. The summed E-state index contributed by atoms with van der Waals surface area (Å²) in [5.41, 5.74) is 2.62. The third-order valence-corrected chi connectivity index (χ3v) is 5.42. The average molecular weight is 420 g/mol. The molecular formula is C20H19Cl2N3O3. The van der Waals surface area contributed by atoms with Crippen LogP contribution in [0.2, 0.25) is 10.0 Å². The molecule has 1 aliphatic heterocycles. The third kappa shape index (κ3) is 3.34. The zero-order valence-corrected chi connectivity index (χ0v) is 17.4. The zero-order valence-electron chi connectivity index (χ0n) is 15.8. The Morgan fingerprint density at radius 3 is 2.39 bits per heavy atom. The SMILES string of the molecule is Cc1cc(C=C2C(=O)NC(=O)N(c3cccc(Cl)c3Cl)C2=O)c(C)n1C(C)C. The maximum absolute atomic E-state index is 13.0. The first-order valence-electron chi connectivity index (χ1n) is 8.67. The molecule has 0 saturated carbocycles. The fourth-order valence-electron chi connectivity index (χ4n) is 3.44. The number of nitrogens with zero attached hydrogens (tertiary/aromatic N) is 2. The summed E-state index contributed by atoms with van der Waals surface area (Å²) in [7, 11) is 0. The van der Waals surface area contributed by atoms with Gasteiger partial charge in [-0.15, -0.1) is 0 Å². The van der Waals surface area contributed by atoms with Crippen LogP contribution in [0.1, 0.15) is 36.8 Å². The molecule has 28 heavy (non-hydrogen) atoms. The number of halogens is 2. The fourth-order valence-corrected chi connectivity index (χ4v) is 3.82. The molecule has 1 aromatic carbocycles. The van der Waals surface area contributed by atoms with Crippen LogP contribution < -0.4 is 10.2 Å². The van der Waals surface area contributed by atoms with E-state index in [1.165, 1.54) is 12.1 Å². The van der Waals surface area contributed by atoms with Gasteiger partial charge in [-0.1, -0.05) is 29.3 Å². The molecule has 0 atom stereocenters. The van der Waals surface area contributed by atoms with E-state index in [0.717, 1.165) is 21.9 Å². The van der Waals surface area contributed by atoms with E-state index in [-0.39, 0.29) is 27.3 Å². The van der Waals surface area contributed by atoms with Gasteiger partial charge < -0.3 is 4.57 Å². The first kappa shape index (κ1) is 20.2.